The number of carbonyl (C=O) groups is 1. The largest absolute Gasteiger partial charge is 0.450 e. The molecule has 0 atom stereocenters. The van der Waals surface area contributed by atoms with Gasteiger partial charge >= 0.3 is 6.09 Å². The lowest BCUT2D eigenvalue weighted by atomic mass is 10.3. The first kappa shape index (κ1) is 10.4. The highest BCUT2D eigenvalue weighted by atomic mass is 16.5. The summed E-state index contributed by atoms with van der Waals surface area (Å²) in [5, 5.41) is 2.88. The van der Waals surface area contributed by atoms with Gasteiger partial charge in [0.05, 0.1) is 6.61 Å². The molecule has 13 heavy (non-hydrogen) atoms. The maximum Gasteiger partial charge on any atom is 0.407 e. The van der Waals surface area contributed by atoms with Crippen molar-refractivity contribution < 1.29 is 9.53 Å². The van der Waals surface area contributed by atoms with Gasteiger partial charge in [-0.25, -0.2) is 4.79 Å². The van der Waals surface area contributed by atoms with Crippen LogP contribution in [0.1, 0.15) is 45.4 Å². The maximum atomic E-state index is 11.1. The van der Waals surface area contributed by atoms with E-state index in [2.05, 4.69) is 12.2 Å². The smallest absolute Gasteiger partial charge is 0.407 e. The molecule has 1 aliphatic carbocycles. The van der Waals surface area contributed by atoms with Gasteiger partial charge in [-0.1, -0.05) is 26.2 Å². The van der Waals surface area contributed by atoms with Crippen molar-refractivity contribution in [2.45, 2.75) is 51.5 Å². The summed E-state index contributed by atoms with van der Waals surface area (Å²) in [5.41, 5.74) is 0. The zero-order valence-corrected chi connectivity index (χ0v) is 8.34. The molecule has 76 valence electrons. The fourth-order valence-electron chi connectivity index (χ4n) is 1.59. The van der Waals surface area contributed by atoms with Gasteiger partial charge < -0.3 is 10.1 Å². The monoisotopic (exact) mass is 185 g/mol. The molecule has 0 radical (unpaired) electrons. The van der Waals surface area contributed by atoms with E-state index in [1.54, 1.807) is 0 Å². The van der Waals surface area contributed by atoms with E-state index >= 15 is 0 Å². The van der Waals surface area contributed by atoms with E-state index in [9.17, 15) is 4.79 Å². The molecule has 0 saturated heterocycles. The second kappa shape index (κ2) is 5.84. The standard InChI is InChI=1S/C10H19NO2/c1-2-3-8-13-10(12)11-9-6-4-5-7-9/h9H,2-8H2,1H3,(H,11,12). The lowest BCUT2D eigenvalue weighted by Gasteiger charge is -2.11. The molecule has 0 spiro atoms. The van der Waals surface area contributed by atoms with Crippen molar-refractivity contribution in [2.24, 2.45) is 0 Å². The third kappa shape index (κ3) is 4.15. The Bertz CT molecular complexity index is 153. The van der Waals surface area contributed by atoms with Crippen LogP contribution in [0.5, 0.6) is 0 Å². The van der Waals surface area contributed by atoms with Crippen LogP contribution in [0.4, 0.5) is 4.79 Å². The lowest BCUT2D eigenvalue weighted by molar-refractivity contribution is 0.140. The Morgan fingerprint density at radius 2 is 2.15 bits per heavy atom. The summed E-state index contributed by atoms with van der Waals surface area (Å²) in [4.78, 5) is 11.1. The van der Waals surface area contributed by atoms with Crippen LogP contribution in [0.2, 0.25) is 0 Å². The van der Waals surface area contributed by atoms with Crippen LogP contribution in [-0.2, 0) is 4.74 Å². The van der Waals surface area contributed by atoms with Gasteiger partial charge in [0.2, 0.25) is 0 Å². The second-order valence-corrected chi connectivity index (χ2v) is 3.62. The minimum Gasteiger partial charge on any atom is -0.450 e. The number of nitrogens with one attached hydrogen (secondary N) is 1. The number of rotatable bonds is 4. The third-order valence-corrected chi connectivity index (χ3v) is 2.41. The van der Waals surface area contributed by atoms with Crippen molar-refractivity contribution >= 4 is 6.09 Å². The molecule has 0 aromatic rings. The number of amides is 1. The van der Waals surface area contributed by atoms with Crippen LogP contribution in [0.15, 0.2) is 0 Å². The first-order valence-electron chi connectivity index (χ1n) is 5.26. The molecule has 0 aliphatic heterocycles. The third-order valence-electron chi connectivity index (χ3n) is 2.41. The highest BCUT2D eigenvalue weighted by Gasteiger charge is 2.17. The van der Waals surface area contributed by atoms with E-state index in [1.807, 2.05) is 0 Å². The van der Waals surface area contributed by atoms with Gasteiger partial charge in [0.15, 0.2) is 0 Å². The van der Waals surface area contributed by atoms with Crippen LogP contribution in [0.25, 0.3) is 0 Å². The number of carbonyl (C=O) groups excluding carboxylic acids is 1. The van der Waals surface area contributed by atoms with Gasteiger partial charge in [-0.05, 0) is 19.3 Å². The Kier molecular flexibility index (Phi) is 4.65. The number of unbranched alkanes of at least 4 members (excludes halogenated alkanes) is 1. The summed E-state index contributed by atoms with van der Waals surface area (Å²) in [7, 11) is 0. The molecule has 0 aromatic carbocycles. The lowest BCUT2D eigenvalue weighted by Crippen LogP contribution is -2.33. The molecule has 3 heteroatoms. The Labute approximate surface area is 79.8 Å². The topological polar surface area (TPSA) is 38.3 Å². The summed E-state index contributed by atoms with van der Waals surface area (Å²) >= 11 is 0. The summed E-state index contributed by atoms with van der Waals surface area (Å²) in [6, 6.07) is 0.370. The molecule has 0 bridgehead atoms. The van der Waals surface area contributed by atoms with Crippen molar-refractivity contribution in [3.8, 4) is 0 Å². The van der Waals surface area contributed by atoms with Gasteiger partial charge in [-0.3, -0.25) is 0 Å². The molecular formula is C10H19NO2. The Morgan fingerprint density at radius 1 is 1.46 bits per heavy atom. The zero-order valence-electron chi connectivity index (χ0n) is 8.34. The fraction of sp³-hybridized carbons (Fsp3) is 0.900. The van der Waals surface area contributed by atoms with E-state index < -0.39 is 0 Å². The summed E-state index contributed by atoms with van der Waals surface area (Å²) < 4.78 is 4.99. The molecule has 1 fully saturated rings. The molecule has 0 unspecified atom stereocenters. The molecule has 0 heterocycles. The predicted octanol–water partition coefficient (Wildman–Crippen LogP) is 2.46. The highest BCUT2D eigenvalue weighted by Crippen LogP contribution is 2.17. The van der Waals surface area contributed by atoms with Gasteiger partial charge in [0.25, 0.3) is 0 Å². The Morgan fingerprint density at radius 3 is 2.77 bits per heavy atom. The first-order valence-corrected chi connectivity index (χ1v) is 5.26. The summed E-state index contributed by atoms with van der Waals surface area (Å²) in [6.07, 6.45) is 6.49. The summed E-state index contributed by atoms with van der Waals surface area (Å²) in [5.74, 6) is 0. The van der Waals surface area contributed by atoms with Crippen LogP contribution in [0, 0.1) is 0 Å². The highest BCUT2D eigenvalue weighted by molar-refractivity contribution is 5.67. The van der Waals surface area contributed by atoms with Gasteiger partial charge in [-0.15, -0.1) is 0 Å². The van der Waals surface area contributed by atoms with Gasteiger partial charge in [0, 0.05) is 6.04 Å². The van der Waals surface area contributed by atoms with Crippen LogP contribution < -0.4 is 5.32 Å². The molecule has 1 saturated carbocycles. The number of alkyl carbamates (subject to hydrolysis) is 1. The Hall–Kier alpha value is -0.730. The molecule has 0 aromatic heterocycles. The minimum absolute atomic E-state index is 0.236. The van der Waals surface area contributed by atoms with E-state index in [4.69, 9.17) is 4.74 Å². The van der Waals surface area contributed by atoms with Gasteiger partial charge in [-0.2, -0.15) is 0 Å². The van der Waals surface area contributed by atoms with E-state index in [0.717, 1.165) is 25.7 Å². The molecular weight excluding hydrogens is 166 g/mol. The molecule has 3 nitrogen and oxygen atoms in total. The van der Waals surface area contributed by atoms with Crippen LogP contribution in [-0.4, -0.2) is 18.7 Å². The fourth-order valence-corrected chi connectivity index (χ4v) is 1.59. The SMILES string of the molecule is CCCCOC(=O)NC1CCCC1. The number of ether oxygens (including phenoxy) is 1. The van der Waals surface area contributed by atoms with E-state index in [-0.39, 0.29) is 6.09 Å². The quantitative estimate of drug-likeness (QED) is 0.683. The molecule has 1 rings (SSSR count). The van der Waals surface area contributed by atoms with Gasteiger partial charge in [0.1, 0.15) is 0 Å². The second-order valence-electron chi connectivity index (χ2n) is 3.62. The van der Waals surface area contributed by atoms with Crippen molar-refractivity contribution in [3.63, 3.8) is 0 Å². The van der Waals surface area contributed by atoms with Crippen molar-refractivity contribution in [2.75, 3.05) is 6.61 Å². The van der Waals surface area contributed by atoms with E-state index in [1.165, 1.54) is 12.8 Å². The maximum absolute atomic E-state index is 11.1. The van der Waals surface area contributed by atoms with E-state index in [0.29, 0.717) is 12.6 Å². The first-order chi connectivity index (χ1) is 6.33. The molecule has 1 amide bonds. The van der Waals surface area contributed by atoms with Crippen molar-refractivity contribution in [1.29, 1.82) is 0 Å². The number of hydrogen-bond donors (Lipinski definition) is 1. The zero-order chi connectivity index (χ0) is 9.52. The Balaban J connectivity index is 2.02. The average Bonchev–Trinajstić information content (AvgIpc) is 2.57. The minimum atomic E-state index is -0.236. The predicted molar refractivity (Wildman–Crippen MR) is 51.6 cm³/mol. The van der Waals surface area contributed by atoms with Crippen LogP contribution >= 0.6 is 0 Å². The number of hydrogen-bond acceptors (Lipinski definition) is 2. The van der Waals surface area contributed by atoms with Crippen LogP contribution in [0.3, 0.4) is 0 Å². The average molecular weight is 185 g/mol. The summed E-state index contributed by atoms with van der Waals surface area (Å²) in [6.45, 7) is 2.63. The van der Waals surface area contributed by atoms with Crippen molar-refractivity contribution in [3.05, 3.63) is 0 Å². The molecule has 1 N–H and O–H groups in total. The normalized spacial score (nSPS) is 17.3. The molecule has 1 aliphatic rings. The van der Waals surface area contributed by atoms with Crippen molar-refractivity contribution in [1.82, 2.24) is 5.32 Å².